The van der Waals surface area contributed by atoms with Crippen LogP contribution in [0.4, 0.5) is 0 Å². The predicted octanol–water partition coefficient (Wildman–Crippen LogP) is 2.70. The molecule has 0 radical (unpaired) electrons. The Labute approximate surface area is 166 Å². The zero-order valence-electron chi connectivity index (χ0n) is 16.0. The van der Waals surface area contributed by atoms with Gasteiger partial charge >= 0.3 is 0 Å². The van der Waals surface area contributed by atoms with Crippen LogP contribution in [0.1, 0.15) is 30.1 Å². The number of fused-ring (bicyclic) bond motifs is 1. The van der Waals surface area contributed by atoms with E-state index in [4.69, 9.17) is 4.52 Å². The molecule has 1 amide bonds. The van der Waals surface area contributed by atoms with E-state index in [9.17, 15) is 9.59 Å². The monoisotopic (exact) mass is 389 g/mol. The average molecular weight is 389 g/mol. The highest BCUT2D eigenvalue weighted by molar-refractivity contribution is 5.88. The number of aryl methyl sites for hydroxylation is 1. The molecule has 8 heteroatoms. The van der Waals surface area contributed by atoms with Crippen LogP contribution in [0.5, 0.6) is 0 Å². The molecule has 0 spiro atoms. The number of rotatable bonds is 5. The third-order valence-corrected chi connectivity index (χ3v) is 4.60. The summed E-state index contributed by atoms with van der Waals surface area (Å²) < 4.78 is 5.31. The summed E-state index contributed by atoms with van der Waals surface area (Å²) in [6.45, 7) is 3.77. The predicted molar refractivity (Wildman–Crippen MR) is 107 cm³/mol. The van der Waals surface area contributed by atoms with E-state index < -0.39 is 6.04 Å². The van der Waals surface area contributed by atoms with Crippen molar-refractivity contribution in [3.8, 4) is 11.4 Å². The van der Waals surface area contributed by atoms with Gasteiger partial charge in [-0.3, -0.25) is 9.59 Å². The Morgan fingerprint density at radius 1 is 1.14 bits per heavy atom. The van der Waals surface area contributed by atoms with Gasteiger partial charge < -0.3 is 9.84 Å². The summed E-state index contributed by atoms with van der Waals surface area (Å²) in [4.78, 5) is 28.8. The van der Waals surface area contributed by atoms with Crippen LogP contribution in [0.2, 0.25) is 0 Å². The van der Waals surface area contributed by atoms with Gasteiger partial charge in [0.1, 0.15) is 6.04 Å². The third-order valence-electron chi connectivity index (χ3n) is 4.60. The smallest absolute Gasteiger partial charge is 0.272 e. The summed E-state index contributed by atoms with van der Waals surface area (Å²) >= 11 is 0. The molecule has 4 aromatic rings. The van der Waals surface area contributed by atoms with Crippen LogP contribution >= 0.6 is 0 Å². The van der Waals surface area contributed by atoms with Gasteiger partial charge in [0.15, 0.2) is 0 Å². The van der Waals surface area contributed by atoms with Crippen LogP contribution < -0.4 is 10.9 Å². The Morgan fingerprint density at radius 3 is 2.62 bits per heavy atom. The van der Waals surface area contributed by atoms with Crippen molar-refractivity contribution in [3.63, 3.8) is 0 Å². The van der Waals surface area contributed by atoms with Crippen molar-refractivity contribution in [3.05, 3.63) is 76.0 Å². The van der Waals surface area contributed by atoms with Crippen molar-refractivity contribution >= 4 is 16.7 Å². The van der Waals surface area contributed by atoms with E-state index in [1.165, 1.54) is 0 Å². The molecule has 2 heterocycles. The van der Waals surface area contributed by atoms with Crippen LogP contribution in [0.25, 0.3) is 22.2 Å². The van der Waals surface area contributed by atoms with E-state index in [0.29, 0.717) is 28.2 Å². The van der Waals surface area contributed by atoms with Crippen molar-refractivity contribution in [1.29, 1.82) is 0 Å². The molecule has 2 N–H and O–H groups in total. The second kappa shape index (κ2) is 7.67. The summed E-state index contributed by atoms with van der Waals surface area (Å²) in [7, 11) is 0. The Bertz CT molecular complexity index is 1230. The summed E-state index contributed by atoms with van der Waals surface area (Å²) in [6, 6.07) is 14.4. The van der Waals surface area contributed by atoms with Crippen LogP contribution in [0, 0.1) is 6.92 Å². The molecule has 0 fully saturated rings. The normalized spacial score (nSPS) is 12.1. The molecule has 2 aromatic carbocycles. The number of aromatic amines is 1. The topological polar surface area (TPSA) is 114 Å². The maximum absolute atomic E-state index is 12.5. The van der Waals surface area contributed by atoms with Crippen molar-refractivity contribution in [1.82, 2.24) is 25.7 Å². The molecule has 1 atom stereocenters. The van der Waals surface area contributed by atoms with Crippen molar-refractivity contribution in [2.75, 3.05) is 0 Å². The number of carbonyl (C=O) groups excluding carboxylic acids is 1. The minimum atomic E-state index is -0.469. The first kappa shape index (κ1) is 18.5. The van der Waals surface area contributed by atoms with E-state index in [1.807, 2.05) is 31.2 Å². The van der Waals surface area contributed by atoms with Gasteiger partial charge in [0.25, 0.3) is 5.56 Å². The number of nitrogens with one attached hydrogen (secondary N) is 2. The van der Waals surface area contributed by atoms with E-state index in [1.54, 1.807) is 31.2 Å². The number of H-pyrrole nitrogens is 1. The SMILES string of the molecule is Cc1ccc(-c2noc([C@H](C)NC(=O)Cc3n[nH]c(=O)c4ccccc34)n2)cc1. The molecule has 0 saturated heterocycles. The molecule has 0 unspecified atom stereocenters. The minimum absolute atomic E-state index is 0.0145. The van der Waals surface area contributed by atoms with Crippen molar-refractivity contribution in [2.45, 2.75) is 26.3 Å². The van der Waals surface area contributed by atoms with Gasteiger partial charge in [0.05, 0.1) is 17.5 Å². The Kier molecular flexibility index (Phi) is 4.90. The first-order valence-electron chi connectivity index (χ1n) is 9.17. The number of hydrogen-bond acceptors (Lipinski definition) is 6. The van der Waals surface area contributed by atoms with E-state index in [0.717, 1.165) is 11.1 Å². The minimum Gasteiger partial charge on any atom is -0.344 e. The maximum Gasteiger partial charge on any atom is 0.272 e. The summed E-state index contributed by atoms with van der Waals surface area (Å²) in [5, 5.41) is 14.4. The molecule has 0 saturated carbocycles. The van der Waals surface area contributed by atoms with Gasteiger partial charge in [0.2, 0.25) is 17.6 Å². The summed E-state index contributed by atoms with van der Waals surface area (Å²) in [6.07, 6.45) is 0.0145. The number of carbonyl (C=O) groups is 1. The van der Waals surface area contributed by atoms with E-state index in [-0.39, 0.29) is 17.9 Å². The zero-order valence-corrected chi connectivity index (χ0v) is 16.0. The molecule has 29 heavy (non-hydrogen) atoms. The van der Waals surface area contributed by atoms with Crippen LogP contribution in [0.3, 0.4) is 0 Å². The molecule has 0 aliphatic rings. The lowest BCUT2D eigenvalue weighted by Crippen LogP contribution is -2.29. The zero-order chi connectivity index (χ0) is 20.4. The van der Waals surface area contributed by atoms with Gasteiger partial charge in [-0.15, -0.1) is 0 Å². The second-order valence-electron chi connectivity index (χ2n) is 6.83. The highest BCUT2D eigenvalue weighted by Crippen LogP contribution is 2.19. The molecular formula is C21H19N5O3. The highest BCUT2D eigenvalue weighted by Gasteiger charge is 2.19. The van der Waals surface area contributed by atoms with Gasteiger partial charge in [0, 0.05) is 10.9 Å². The molecule has 0 aliphatic heterocycles. The van der Waals surface area contributed by atoms with Crippen molar-refractivity contribution in [2.24, 2.45) is 0 Å². The number of benzene rings is 2. The van der Waals surface area contributed by atoms with Gasteiger partial charge in [-0.05, 0) is 19.9 Å². The van der Waals surface area contributed by atoms with E-state index >= 15 is 0 Å². The third kappa shape index (κ3) is 3.91. The fraction of sp³-hybridized carbons (Fsp3) is 0.190. The molecule has 4 rings (SSSR count). The molecule has 0 aliphatic carbocycles. The standard InChI is InChI=1S/C21H19N5O3/c1-12-7-9-14(10-8-12)19-23-21(29-26-19)13(2)22-18(27)11-17-15-5-3-4-6-16(15)20(28)25-24-17/h3-10,13H,11H2,1-2H3,(H,22,27)(H,25,28)/t13-/m0/s1. The number of amides is 1. The molecule has 0 bridgehead atoms. The van der Waals surface area contributed by atoms with Gasteiger partial charge in [-0.2, -0.15) is 10.1 Å². The van der Waals surface area contributed by atoms with Gasteiger partial charge in [-0.1, -0.05) is 53.2 Å². The van der Waals surface area contributed by atoms with Crippen LogP contribution in [-0.2, 0) is 11.2 Å². The lowest BCUT2D eigenvalue weighted by atomic mass is 10.1. The quantitative estimate of drug-likeness (QED) is 0.542. The molecule has 8 nitrogen and oxygen atoms in total. The maximum atomic E-state index is 12.5. The highest BCUT2D eigenvalue weighted by atomic mass is 16.5. The summed E-state index contributed by atoms with van der Waals surface area (Å²) in [5.41, 5.74) is 2.19. The first-order chi connectivity index (χ1) is 14.0. The number of aromatic nitrogens is 4. The fourth-order valence-corrected chi connectivity index (χ4v) is 3.04. The average Bonchev–Trinajstić information content (AvgIpc) is 3.21. The number of hydrogen-bond donors (Lipinski definition) is 2. The summed E-state index contributed by atoms with van der Waals surface area (Å²) in [5.74, 6) is 0.514. The van der Waals surface area contributed by atoms with Crippen LogP contribution in [0.15, 0.2) is 57.8 Å². The Hall–Kier alpha value is -3.81. The molecule has 2 aromatic heterocycles. The first-order valence-corrected chi connectivity index (χ1v) is 9.17. The lowest BCUT2D eigenvalue weighted by Gasteiger charge is -2.10. The Balaban J connectivity index is 1.47. The van der Waals surface area contributed by atoms with E-state index in [2.05, 4.69) is 25.7 Å². The largest absolute Gasteiger partial charge is 0.344 e. The second-order valence-corrected chi connectivity index (χ2v) is 6.83. The fourth-order valence-electron chi connectivity index (χ4n) is 3.04. The molecular weight excluding hydrogens is 370 g/mol. The molecule has 146 valence electrons. The van der Waals surface area contributed by atoms with Gasteiger partial charge in [-0.25, -0.2) is 5.10 Å². The van der Waals surface area contributed by atoms with Crippen molar-refractivity contribution < 1.29 is 9.32 Å². The Morgan fingerprint density at radius 2 is 1.86 bits per heavy atom. The van der Waals surface area contributed by atoms with Crippen LogP contribution in [-0.4, -0.2) is 26.2 Å². The lowest BCUT2D eigenvalue weighted by molar-refractivity contribution is -0.121. The number of nitrogens with zero attached hydrogens (tertiary/aromatic N) is 3.